The maximum absolute atomic E-state index is 11.8. The molecular formula is C23H31Cl2N3O3. The number of ether oxygens (including phenoxy) is 1. The van der Waals surface area contributed by atoms with Crippen LogP contribution in [-0.4, -0.2) is 43.4 Å². The molecule has 0 bridgehead atoms. The number of rotatable bonds is 14. The third-order valence-electron chi connectivity index (χ3n) is 4.53. The first-order chi connectivity index (χ1) is 15.0. The third-order valence-corrected chi connectivity index (χ3v) is 5.16. The number of benzene rings is 2. The fourth-order valence-corrected chi connectivity index (χ4v) is 3.39. The second-order valence-corrected chi connectivity index (χ2v) is 8.04. The summed E-state index contributed by atoms with van der Waals surface area (Å²) in [4.78, 5) is 11.8. The van der Waals surface area contributed by atoms with E-state index < -0.39 is 6.10 Å². The van der Waals surface area contributed by atoms with Crippen LogP contribution < -0.4 is 20.7 Å². The first kappa shape index (κ1) is 25.3. The predicted octanol–water partition coefficient (Wildman–Crippen LogP) is 4.95. The summed E-state index contributed by atoms with van der Waals surface area (Å²) >= 11 is 12.2. The van der Waals surface area contributed by atoms with Crippen LogP contribution in [0.3, 0.4) is 0 Å². The number of aliphatic hydroxyl groups excluding tert-OH is 1. The number of unbranched alkanes of at least 4 members (excludes halogenated alkanes) is 2. The Balaban J connectivity index is 1.60. The molecule has 0 aliphatic heterocycles. The Hall–Kier alpha value is -1.99. The molecule has 0 aliphatic rings. The van der Waals surface area contributed by atoms with Gasteiger partial charge in [-0.3, -0.25) is 4.79 Å². The van der Waals surface area contributed by atoms with Crippen LogP contribution in [0.15, 0.2) is 42.5 Å². The van der Waals surface area contributed by atoms with Crippen molar-refractivity contribution < 1.29 is 14.6 Å². The molecule has 1 amide bonds. The van der Waals surface area contributed by atoms with Crippen LogP contribution in [0.1, 0.15) is 32.6 Å². The van der Waals surface area contributed by atoms with Gasteiger partial charge in [-0.2, -0.15) is 0 Å². The molecule has 8 heteroatoms. The van der Waals surface area contributed by atoms with Crippen molar-refractivity contribution in [3.05, 3.63) is 52.5 Å². The van der Waals surface area contributed by atoms with E-state index in [0.717, 1.165) is 24.9 Å². The van der Waals surface area contributed by atoms with Crippen molar-refractivity contribution in [1.82, 2.24) is 5.32 Å². The molecule has 2 rings (SSSR count). The minimum absolute atomic E-state index is 0.0231. The number of aliphatic hydroxyl groups is 1. The molecule has 0 heterocycles. The highest BCUT2D eigenvalue weighted by Crippen LogP contribution is 2.29. The van der Waals surface area contributed by atoms with E-state index in [1.54, 1.807) is 42.5 Å². The lowest BCUT2D eigenvalue weighted by Crippen LogP contribution is -2.34. The van der Waals surface area contributed by atoms with Crippen LogP contribution in [-0.2, 0) is 4.79 Å². The SMILES string of the molecule is CCCCCC(=O)Nc1ccc(OCC(O)CNCCNc2c(Cl)cccc2Cl)cc1. The maximum Gasteiger partial charge on any atom is 0.224 e. The molecule has 0 saturated heterocycles. The monoisotopic (exact) mass is 467 g/mol. The maximum atomic E-state index is 11.8. The molecule has 2 aromatic rings. The summed E-state index contributed by atoms with van der Waals surface area (Å²) in [5, 5.41) is 20.4. The van der Waals surface area contributed by atoms with Gasteiger partial charge in [0, 0.05) is 31.7 Å². The zero-order valence-electron chi connectivity index (χ0n) is 17.8. The molecule has 6 nitrogen and oxygen atoms in total. The van der Waals surface area contributed by atoms with Crippen LogP contribution in [0.25, 0.3) is 0 Å². The summed E-state index contributed by atoms with van der Waals surface area (Å²) in [5.74, 6) is 0.660. The Morgan fingerprint density at radius 2 is 1.77 bits per heavy atom. The second kappa shape index (κ2) is 14.1. The van der Waals surface area contributed by atoms with Crippen LogP contribution in [0.4, 0.5) is 11.4 Å². The van der Waals surface area contributed by atoms with Crippen LogP contribution in [0, 0.1) is 0 Å². The molecule has 0 aliphatic carbocycles. The topological polar surface area (TPSA) is 82.6 Å². The Morgan fingerprint density at radius 1 is 1.06 bits per heavy atom. The predicted molar refractivity (Wildman–Crippen MR) is 129 cm³/mol. The van der Waals surface area contributed by atoms with Gasteiger partial charge in [-0.05, 0) is 42.8 Å². The number of para-hydroxylation sites is 1. The van der Waals surface area contributed by atoms with Gasteiger partial charge in [0.2, 0.25) is 5.91 Å². The molecule has 0 fully saturated rings. The van der Waals surface area contributed by atoms with Crippen molar-refractivity contribution in [1.29, 1.82) is 0 Å². The van der Waals surface area contributed by atoms with E-state index in [9.17, 15) is 9.90 Å². The number of carbonyl (C=O) groups excluding carboxylic acids is 1. The summed E-state index contributed by atoms with van der Waals surface area (Å²) in [6.07, 6.45) is 2.94. The van der Waals surface area contributed by atoms with Gasteiger partial charge >= 0.3 is 0 Å². The molecular weight excluding hydrogens is 437 g/mol. The molecule has 170 valence electrons. The highest BCUT2D eigenvalue weighted by molar-refractivity contribution is 6.39. The van der Waals surface area contributed by atoms with Crippen molar-refractivity contribution in [3.63, 3.8) is 0 Å². The zero-order valence-corrected chi connectivity index (χ0v) is 19.3. The largest absolute Gasteiger partial charge is 0.491 e. The number of halogens is 2. The Kier molecular flexibility index (Phi) is 11.5. The Morgan fingerprint density at radius 3 is 2.45 bits per heavy atom. The van der Waals surface area contributed by atoms with E-state index in [4.69, 9.17) is 27.9 Å². The van der Waals surface area contributed by atoms with Gasteiger partial charge in [0.25, 0.3) is 0 Å². The summed E-state index contributed by atoms with van der Waals surface area (Å²) in [6.45, 7) is 3.91. The van der Waals surface area contributed by atoms with E-state index in [0.29, 0.717) is 47.5 Å². The smallest absolute Gasteiger partial charge is 0.224 e. The highest BCUT2D eigenvalue weighted by atomic mass is 35.5. The lowest BCUT2D eigenvalue weighted by atomic mass is 10.2. The molecule has 1 atom stereocenters. The Bertz CT molecular complexity index is 783. The first-order valence-electron chi connectivity index (χ1n) is 10.6. The lowest BCUT2D eigenvalue weighted by molar-refractivity contribution is -0.116. The average molecular weight is 468 g/mol. The van der Waals surface area contributed by atoms with E-state index in [1.165, 1.54) is 0 Å². The van der Waals surface area contributed by atoms with Gasteiger partial charge in [0.1, 0.15) is 18.5 Å². The van der Waals surface area contributed by atoms with E-state index >= 15 is 0 Å². The average Bonchev–Trinajstić information content (AvgIpc) is 2.75. The van der Waals surface area contributed by atoms with Gasteiger partial charge in [0.05, 0.1) is 15.7 Å². The molecule has 0 spiro atoms. The number of anilines is 2. The highest BCUT2D eigenvalue weighted by Gasteiger charge is 2.07. The first-order valence-corrected chi connectivity index (χ1v) is 11.3. The van der Waals surface area contributed by atoms with Gasteiger partial charge < -0.3 is 25.8 Å². The standard InChI is InChI=1S/C23H31Cl2N3O3/c1-2-3-4-8-22(30)28-17-9-11-19(12-10-17)31-16-18(29)15-26-13-14-27-23-20(24)6-5-7-21(23)25/h5-7,9-12,18,26-27,29H,2-4,8,13-16H2,1H3,(H,28,30). The minimum Gasteiger partial charge on any atom is -0.491 e. The minimum atomic E-state index is -0.651. The number of hydrogen-bond acceptors (Lipinski definition) is 5. The van der Waals surface area contributed by atoms with Gasteiger partial charge in [0.15, 0.2) is 0 Å². The lowest BCUT2D eigenvalue weighted by Gasteiger charge is -2.15. The zero-order chi connectivity index (χ0) is 22.5. The molecule has 0 saturated carbocycles. The van der Waals surface area contributed by atoms with E-state index in [-0.39, 0.29) is 12.5 Å². The van der Waals surface area contributed by atoms with Crippen molar-refractivity contribution in [2.45, 2.75) is 38.7 Å². The van der Waals surface area contributed by atoms with Gasteiger partial charge in [-0.15, -0.1) is 0 Å². The van der Waals surface area contributed by atoms with Crippen molar-refractivity contribution in [2.24, 2.45) is 0 Å². The molecule has 0 radical (unpaired) electrons. The van der Waals surface area contributed by atoms with Crippen molar-refractivity contribution in [3.8, 4) is 5.75 Å². The molecule has 4 N–H and O–H groups in total. The van der Waals surface area contributed by atoms with E-state index in [2.05, 4.69) is 22.9 Å². The number of carbonyl (C=O) groups is 1. The van der Waals surface area contributed by atoms with Crippen molar-refractivity contribution in [2.75, 3.05) is 36.9 Å². The fraction of sp³-hybridized carbons (Fsp3) is 0.435. The van der Waals surface area contributed by atoms with Crippen LogP contribution >= 0.6 is 23.2 Å². The molecule has 0 aromatic heterocycles. The van der Waals surface area contributed by atoms with Gasteiger partial charge in [-0.1, -0.05) is 49.0 Å². The summed E-state index contributed by atoms with van der Waals surface area (Å²) < 4.78 is 5.61. The van der Waals surface area contributed by atoms with Crippen LogP contribution in [0.2, 0.25) is 10.0 Å². The van der Waals surface area contributed by atoms with Crippen LogP contribution in [0.5, 0.6) is 5.75 Å². The number of hydrogen-bond donors (Lipinski definition) is 4. The molecule has 2 aromatic carbocycles. The number of amides is 1. The van der Waals surface area contributed by atoms with Crippen molar-refractivity contribution >= 4 is 40.5 Å². The molecule has 1 unspecified atom stereocenters. The fourth-order valence-electron chi connectivity index (χ4n) is 2.86. The van der Waals surface area contributed by atoms with E-state index in [1.807, 2.05) is 0 Å². The number of nitrogens with one attached hydrogen (secondary N) is 3. The summed E-state index contributed by atoms with van der Waals surface area (Å²) in [5.41, 5.74) is 1.44. The molecule has 31 heavy (non-hydrogen) atoms. The summed E-state index contributed by atoms with van der Waals surface area (Å²) in [7, 11) is 0. The second-order valence-electron chi connectivity index (χ2n) is 7.22. The summed E-state index contributed by atoms with van der Waals surface area (Å²) in [6, 6.07) is 12.5. The van der Waals surface area contributed by atoms with Gasteiger partial charge in [-0.25, -0.2) is 0 Å². The normalized spacial score (nSPS) is 11.7. The third kappa shape index (κ3) is 9.78. The Labute approximate surface area is 194 Å². The quantitative estimate of drug-likeness (QED) is 0.295.